The summed E-state index contributed by atoms with van der Waals surface area (Å²) in [7, 11) is 0. The molecule has 2 amide bonds. The number of carbonyl (C=O) groups is 2. The van der Waals surface area contributed by atoms with Crippen molar-refractivity contribution in [3.8, 4) is 0 Å². The van der Waals surface area contributed by atoms with Crippen molar-refractivity contribution in [3.05, 3.63) is 101 Å². The van der Waals surface area contributed by atoms with Crippen LogP contribution in [-0.2, 0) is 6.42 Å². The molecule has 0 aliphatic carbocycles. The van der Waals surface area contributed by atoms with E-state index < -0.39 is 0 Å². The molecule has 0 spiro atoms. The van der Waals surface area contributed by atoms with E-state index in [1.165, 1.54) is 5.56 Å². The van der Waals surface area contributed by atoms with Gasteiger partial charge in [-0.15, -0.1) is 0 Å². The third kappa shape index (κ3) is 4.06. The van der Waals surface area contributed by atoms with Crippen LogP contribution < -0.4 is 10.2 Å². The summed E-state index contributed by atoms with van der Waals surface area (Å²) >= 11 is 0. The van der Waals surface area contributed by atoms with E-state index >= 15 is 0 Å². The van der Waals surface area contributed by atoms with E-state index in [9.17, 15) is 9.59 Å². The molecule has 1 N–H and O–H groups in total. The lowest BCUT2D eigenvalue weighted by Gasteiger charge is -2.29. The van der Waals surface area contributed by atoms with Gasteiger partial charge in [0.05, 0.1) is 6.04 Å². The predicted molar refractivity (Wildman–Crippen MR) is 115 cm³/mol. The lowest BCUT2D eigenvalue weighted by molar-refractivity contribution is 0.0940. The maximum absolute atomic E-state index is 13.2. The second-order valence-corrected chi connectivity index (χ2v) is 7.38. The van der Waals surface area contributed by atoms with Gasteiger partial charge in [0, 0.05) is 23.4 Å². The van der Waals surface area contributed by atoms with Crippen molar-refractivity contribution in [1.29, 1.82) is 0 Å². The van der Waals surface area contributed by atoms with Crippen LogP contribution in [0.3, 0.4) is 0 Å². The van der Waals surface area contributed by atoms with Gasteiger partial charge in [-0.05, 0) is 55.2 Å². The molecular formula is C25H24N2O2. The molecule has 4 heteroatoms. The van der Waals surface area contributed by atoms with Gasteiger partial charge >= 0.3 is 0 Å². The van der Waals surface area contributed by atoms with Crippen molar-refractivity contribution >= 4 is 17.5 Å². The first-order valence-electron chi connectivity index (χ1n) is 9.99. The zero-order valence-corrected chi connectivity index (χ0v) is 16.5. The average Bonchev–Trinajstić information content (AvgIpc) is 2.79. The fourth-order valence-electron chi connectivity index (χ4n) is 3.80. The van der Waals surface area contributed by atoms with Gasteiger partial charge < -0.3 is 10.2 Å². The van der Waals surface area contributed by atoms with Crippen LogP contribution >= 0.6 is 0 Å². The third-order valence-electron chi connectivity index (χ3n) is 5.37. The zero-order valence-electron chi connectivity index (χ0n) is 16.5. The number of hydrogen-bond acceptors (Lipinski definition) is 2. The Kier molecular flexibility index (Phi) is 5.43. The Bertz CT molecular complexity index is 1030. The van der Waals surface area contributed by atoms with Crippen LogP contribution in [0.4, 0.5) is 5.69 Å². The standard InChI is InChI=1S/C25H24N2O2/c1-18(19-9-3-2-4-10-19)26-24(28)21-12-7-13-22(17-21)25(29)27-16-8-14-20-11-5-6-15-23(20)27/h2-7,9-13,15,17-18H,8,14,16H2,1H3,(H,26,28). The molecule has 0 aromatic heterocycles. The number of aryl methyl sites for hydroxylation is 1. The van der Waals surface area contributed by atoms with Crippen molar-refractivity contribution < 1.29 is 9.59 Å². The van der Waals surface area contributed by atoms with Gasteiger partial charge in [-0.1, -0.05) is 54.6 Å². The Morgan fingerprint density at radius 1 is 0.897 bits per heavy atom. The molecule has 4 nitrogen and oxygen atoms in total. The Balaban J connectivity index is 1.53. The van der Waals surface area contributed by atoms with E-state index in [-0.39, 0.29) is 17.9 Å². The lowest BCUT2D eigenvalue weighted by Crippen LogP contribution is -2.35. The second kappa shape index (κ2) is 8.31. The molecule has 1 unspecified atom stereocenters. The van der Waals surface area contributed by atoms with E-state index in [1.54, 1.807) is 24.3 Å². The summed E-state index contributed by atoms with van der Waals surface area (Å²) in [5, 5.41) is 3.01. The van der Waals surface area contributed by atoms with E-state index in [0.29, 0.717) is 17.7 Å². The quantitative estimate of drug-likeness (QED) is 0.704. The van der Waals surface area contributed by atoms with Crippen LogP contribution in [0.25, 0.3) is 0 Å². The van der Waals surface area contributed by atoms with Crippen molar-refractivity contribution in [2.45, 2.75) is 25.8 Å². The minimum Gasteiger partial charge on any atom is -0.346 e. The van der Waals surface area contributed by atoms with Crippen LogP contribution in [0, 0.1) is 0 Å². The minimum atomic E-state index is -0.185. The SMILES string of the molecule is CC(NC(=O)c1cccc(C(=O)N2CCCc3ccccc32)c1)c1ccccc1. The number of nitrogens with one attached hydrogen (secondary N) is 1. The van der Waals surface area contributed by atoms with Crippen molar-refractivity contribution in [2.75, 3.05) is 11.4 Å². The van der Waals surface area contributed by atoms with Gasteiger partial charge in [0.2, 0.25) is 0 Å². The first-order chi connectivity index (χ1) is 14.1. The van der Waals surface area contributed by atoms with Crippen molar-refractivity contribution in [1.82, 2.24) is 5.32 Å². The van der Waals surface area contributed by atoms with E-state index in [0.717, 1.165) is 24.1 Å². The predicted octanol–water partition coefficient (Wildman–Crippen LogP) is 4.77. The molecule has 29 heavy (non-hydrogen) atoms. The molecule has 3 aromatic rings. The smallest absolute Gasteiger partial charge is 0.258 e. The maximum Gasteiger partial charge on any atom is 0.258 e. The molecule has 1 aliphatic rings. The molecule has 0 saturated heterocycles. The second-order valence-electron chi connectivity index (χ2n) is 7.38. The number of carbonyl (C=O) groups excluding carboxylic acids is 2. The van der Waals surface area contributed by atoms with E-state index in [2.05, 4.69) is 11.4 Å². The zero-order chi connectivity index (χ0) is 20.2. The van der Waals surface area contributed by atoms with Crippen LogP contribution in [0.5, 0.6) is 0 Å². The number of anilines is 1. The number of nitrogens with zero attached hydrogens (tertiary/aromatic N) is 1. The Morgan fingerprint density at radius 3 is 2.45 bits per heavy atom. The first-order valence-corrected chi connectivity index (χ1v) is 9.99. The molecule has 1 heterocycles. The number of para-hydroxylation sites is 1. The van der Waals surface area contributed by atoms with Crippen molar-refractivity contribution in [3.63, 3.8) is 0 Å². The summed E-state index contributed by atoms with van der Waals surface area (Å²) in [5.41, 5.74) is 4.22. The fourth-order valence-corrected chi connectivity index (χ4v) is 3.80. The van der Waals surface area contributed by atoms with Gasteiger partial charge in [-0.25, -0.2) is 0 Å². The highest BCUT2D eigenvalue weighted by Crippen LogP contribution is 2.28. The lowest BCUT2D eigenvalue weighted by atomic mass is 10.0. The summed E-state index contributed by atoms with van der Waals surface area (Å²) < 4.78 is 0. The van der Waals surface area contributed by atoms with Gasteiger partial charge in [0.15, 0.2) is 0 Å². The fraction of sp³-hybridized carbons (Fsp3) is 0.200. The van der Waals surface area contributed by atoms with Gasteiger partial charge in [0.1, 0.15) is 0 Å². The average molecular weight is 384 g/mol. The number of amides is 2. The molecule has 3 aromatic carbocycles. The highest BCUT2D eigenvalue weighted by Gasteiger charge is 2.24. The summed E-state index contributed by atoms with van der Waals surface area (Å²) in [4.78, 5) is 27.7. The molecule has 146 valence electrons. The number of hydrogen-bond donors (Lipinski definition) is 1. The molecule has 0 radical (unpaired) electrons. The van der Waals surface area contributed by atoms with Gasteiger partial charge in [-0.2, -0.15) is 0 Å². The van der Waals surface area contributed by atoms with Crippen LogP contribution in [0.15, 0.2) is 78.9 Å². The Labute approximate surface area is 171 Å². The molecule has 1 aliphatic heterocycles. The Hall–Kier alpha value is -3.40. The number of benzene rings is 3. The third-order valence-corrected chi connectivity index (χ3v) is 5.37. The molecule has 0 saturated carbocycles. The molecule has 4 rings (SSSR count). The molecule has 1 atom stereocenters. The number of fused-ring (bicyclic) bond motifs is 1. The molecule has 0 fully saturated rings. The summed E-state index contributed by atoms with van der Waals surface area (Å²) in [6.07, 6.45) is 1.93. The van der Waals surface area contributed by atoms with Crippen LogP contribution in [-0.4, -0.2) is 18.4 Å². The first kappa shape index (κ1) is 18.9. The van der Waals surface area contributed by atoms with E-state index in [4.69, 9.17) is 0 Å². The van der Waals surface area contributed by atoms with Crippen LogP contribution in [0.2, 0.25) is 0 Å². The highest BCUT2D eigenvalue weighted by atomic mass is 16.2. The van der Waals surface area contributed by atoms with E-state index in [1.807, 2.05) is 60.4 Å². The van der Waals surface area contributed by atoms with Gasteiger partial charge in [-0.3, -0.25) is 9.59 Å². The number of rotatable bonds is 4. The van der Waals surface area contributed by atoms with Crippen molar-refractivity contribution in [2.24, 2.45) is 0 Å². The topological polar surface area (TPSA) is 49.4 Å². The minimum absolute atomic E-state index is 0.0668. The molecule has 0 bridgehead atoms. The van der Waals surface area contributed by atoms with Crippen LogP contribution in [0.1, 0.15) is 51.2 Å². The normalized spacial score (nSPS) is 14.0. The summed E-state index contributed by atoms with van der Waals surface area (Å²) in [5.74, 6) is -0.252. The summed E-state index contributed by atoms with van der Waals surface area (Å²) in [6.45, 7) is 2.64. The van der Waals surface area contributed by atoms with Gasteiger partial charge in [0.25, 0.3) is 11.8 Å². The largest absolute Gasteiger partial charge is 0.346 e. The Morgan fingerprint density at radius 2 is 1.62 bits per heavy atom. The highest BCUT2D eigenvalue weighted by molar-refractivity contribution is 6.08. The molecular weight excluding hydrogens is 360 g/mol. The monoisotopic (exact) mass is 384 g/mol. The summed E-state index contributed by atoms with van der Waals surface area (Å²) in [6, 6.07) is 24.7. The maximum atomic E-state index is 13.2.